The van der Waals surface area contributed by atoms with Crippen LogP contribution >= 0.6 is 23.2 Å². The molecule has 2 aromatic rings. The molecule has 0 saturated heterocycles. The van der Waals surface area contributed by atoms with Crippen LogP contribution in [0.5, 0.6) is 11.5 Å². The molecular weight excluding hydrogens is 413 g/mol. The van der Waals surface area contributed by atoms with E-state index in [0.29, 0.717) is 34.4 Å². The number of carboxylic acid groups (broad SMARTS) is 1. The summed E-state index contributed by atoms with van der Waals surface area (Å²) < 4.78 is 5.47. The Bertz CT molecular complexity index is 856. The van der Waals surface area contributed by atoms with Gasteiger partial charge in [0.1, 0.15) is 11.5 Å². The van der Waals surface area contributed by atoms with Gasteiger partial charge in [0.2, 0.25) is 0 Å². The molecule has 0 unspecified atom stereocenters. The number of carbonyl (C=O) groups is 1. The van der Waals surface area contributed by atoms with Gasteiger partial charge >= 0.3 is 0 Å². The lowest BCUT2D eigenvalue weighted by Crippen LogP contribution is -2.00. The summed E-state index contributed by atoms with van der Waals surface area (Å²) in [6, 6.07) is 9.00. The number of phenolic OH excluding ortho intramolecular Hbond substituents is 1. The van der Waals surface area contributed by atoms with Gasteiger partial charge in [0.05, 0.1) is 12.3 Å². The Kier molecular flexibility index (Phi) is 10.9. The predicted octanol–water partition coefficient (Wildman–Crippen LogP) is 5.77. The van der Waals surface area contributed by atoms with Gasteiger partial charge < -0.3 is 14.9 Å². The van der Waals surface area contributed by atoms with Gasteiger partial charge in [-0.1, -0.05) is 42.3 Å². The molecule has 0 spiro atoms. The van der Waals surface area contributed by atoms with Crippen LogP contribution in [-0.4, -0.2) is 36.1 Å². The van der Waals surface area contributed by atoms with E-state index in [2.05, 4.69) is 11.9 Å². The van der Waals surface area contributed by atoms with Crippen LogP contribution in [-0.2, 0) is 11.2 Å². The average molecular weight is 438 g/mol. The number of halogens is 2. The third-order valence-electron chi connectivity index (χ3n) is 3.90. The Hall–Kier alpha value is -2.50. The Morgan fingerprint density at radius 2 is 1.79 bits per heavy atom. The lowest BCUT2D eigenvalue weighted by atomic mass is 9.99. The number of hydrogen-bond acceptors (Lipinski definition) is 4. The highest BCUT2D eigenvalue weighted by Crippen LogP contribution is 2.33. The van der Waals surface area contributed by atoms with Crippen molar-refractivity contribution >= 4 is 35.4 Å². The minimum atomic E-state index is -0.250. The molecule has 156 valence electrons. The van der Waals surface area contributed by atoms with Crippen molar-refractivity contribution in [1.82, 2.24) is 0 Å². The number of ether oxygens (including phenoxy) is 1. The van der Waals surface area contributed by atoms with Gasteiger partial charge in [0, 0.05) is 29.1 Å². The van der Waals surface area contributed by atoms with Crippen LogP contribution in [0.15, 0.2) is 47.5 Å². The van der Waals surface area contributed by atoms with Gasteiger partial charge in [-0.15, -0.1) is 0 Å². The maximum atomic E-state index is 10.2. The number of phenols is 1. The minimum Gasteiger partial charge on any atom is -0.507 e. The summed E-state index contributed by atoms with van der Waals surface area (Å²) in [6.45, 7) is 4.27. The van der Waals surface area contributed by atoms with Crippen molar-refractivity contribution in [3.05, 3.63) is 69.2 Å². The van der Waals surface area contributed by atoms with Crippen LogP contribution in [0.25, 0.3) is 0 Å². The smallest absolute Gasteiger partial charge is 0.290 e. The van der Waals surface area contributed by atoms with Crippen LogP contribution in [0.2, 0.25) is 10.0 Å². The summed E-state index contributed by atoms with van der Waals surface area (Å²) in [6.07, 6.45) is 5.37. The van der Waals surface area contributed by atoms with Crippen molar-refractivity contribution in [2.45, 2.75) is 26.7 Å². The molecule has 0 aliphatic rings. The summed E-state index contributed by atoms with van der Waals surface area (Å²) in [7, 11) is 1.71. The lowest BCUT2D eigenvalue weighted by Gasteiger charge is -2.12. The summed E-state index contributed by atoms with van der Waals surface area (Å²) in [5.74, 6) is 0.849. The molecule has 29 heavy (non-hydrogen) atoms. The van der Waals surface area contributed by atoms with Gasteiger partial charge in [-0.3, -0.25) is 9.79 Å². The van der Waals surface area contributed by atoms with E-state index in [4.69, 9.17) is 37.8 Å². The Balaban J connectivity index is 0.00000132. The number of allylic oxidation sites excluding steroid dienone is 2. The number of aromatic hydroxyl groups is 1. The molecule has 7 heteroatoms. The molecule has 0 aliphatic heterocycles. The molecule has 0 fully saturated rings. The van der Waals surface area contributed by atoms with Crippen LogP contribution < -0.4 is 4.74 Å². The number of aliphatic imine (C=N–C) groups is 1. The largest absolute Gasteiger partial charge is 0.507 e. The first-order chi connectivity index (χ1) is 13.9. The second kappa shape index (κ2) is 12.9. The van der Waals surface area contributed by atoms with Crippen molar-refractivity contribution < 1.29 is 19.7 Å². The molecule has 5 nitrogen and oxygen atoms in total. The Morgan fingerprint density at radius 3 is 2.31 bits per heavy atom. The lowest BCUT2D eigenvalue weighted by molar-refractivity contribution is -0.122. The number of benzene rings is 2. The zero-order chi connectivity index (χ0) is 21.8. The molecular formula is C22H25Cl2NO4. The molecule has 0 amide bonds. The maximum absolute atomic E-state index is 10.2. The van der Waals surface area contributed by atoms with Crippen molar-refractivity contribution in [3.63, 3.8) is 0 Å². The zero-order valence-electron chi connectivity index (χ0n) is 16.7. The molecule has 0 heterocycles. The van der Waals surface area contributed by atoms with Crippen LogP contribution in [0.3, 0.4) is 0 Å². The average Bonchev–Trinajstić information content (AvgIpc) is 2.68. The summed E-state index contributed by atoms with van der Waals surface area (Å²) in [5.41, 5.74) is 3.23. The maximum Gasteiger partial charge on any atom is 0.290 e. The Labute approximate surface area is 181 Å². The van der Waals surface area contributed by atoms with Crippen molar-refractivity contribution in [3.8, 4) is 11.5 Å². The molecule has 2 rings (SSSR count). The van der Waals surface area contributed by atoms with Gasteiger partial charge in [-0.2, -0.15) is 0 Å². The zero-order valence-corrected chi connectivity index (χ0v) is 18.2. The molecule has 2 aromatic carbocycles. The molecule has 2 N–H and O–H groups in total. The molecule has 0 aliphatic carbocycles. The second-order valence-electron chi connectivity index (χ2n) is 5.85. The first-order valence-corrected chi connectivity index (χ1v) is 9.81. The third kappa shape index (κ3) is 7.44. The van der Waals surface area contributed by atoms with E-state index in [1.807, 2.05) is 31.2 Å². The van der Waals surface area contributed by atoms with Gasteiger partial charge in [0.15, 0.2) is 0 Å². The molecule has 0 aromatic heterocycles. The minimum absolute atomic E-state index is 0.194. The van der Waals surface area contributed by atoms with Gasteiger partial charge in [-0.05, 0) is 54.8 Å². The first-order valence-electron chi connectivity index (χ1n) is 9.05. The monoisotopic (exact) mass is 437 g/mol. The van der Waals surface area contributed by atoms with E-state index < -0.39 is 0 Å². The van der Waals surface area contributed by atoms with Gasteiger partial charge in [0.25, 0.3) is 6.47 Å². The quantitative estimate of drug-likeness (QED) is 0.425. The fourth-order valence-corrected chi connectivity index (χ4v) is 3.22. The van der Waals surface area contributed by atoms with Crippen molar-refractivity contribution in [2.75, 3.05) is 13.7 Å². The van der Waals surface area contributed by atoms with Crippen LogP contribution in [0.1, 0.15) is 37.0 Å². The first kappa shape index (κ1) is 24.5. The Morgan fingerprint density at radius 1 is 1.17 bits per heavy atom. The SMILES string of the molecule is CC/C=C\C(=NC)c1cc(Cc2c(Cl)cc(OCC)cc2Cl)ccc1O.O=CO. The third-order valence-corrected chi connectivity index (χ3v) is 4.57. The fourth-order valence-electron chi connectivity index (χ4n) is 2.62. The van der Waals surface area contributed by atoms with Gasteiger partial charge in [-0.25, -0.2) is 0 Å². The standard InChI is InChI=1S/C21H23Cl2NO2.CH2O2/c1-4-6-7-20(24-3)17-11-14(8-9-21(17)25)10-16-18(22)12-15(26-5-2)13-19(16)23;2-1-3/h6-9,11-13,25H,4-5,10H2,1-3H3;1H,(H,2,3)/b7-6-,24-20?;. The molecule has 0 atom stereocenters. The summed E-state index contributed by atoms with van der Waals surface area (Å²) in [5, 5.41) is 18.2. The van der Waals surface area contributed by atoms with Crippen LogP contribution in [0.4, 0.5) is 0 Å². The van der Waals surface area contributed by atoms with E-state index in [-0.39, 0.29) is 12.2 Å². The predicted molar refractivity (Wildman–Crippen MR) is 119 cm³/mol. The van der Waals surface area contributed by atoms with Crippen LogP contribution in [0, 0.1) is 0 Å². The van der Waals surface area contributed by atoms with E-state index in [1.54, 1.807) is 25.2 Å². The highest BCUT2D eigenvalue weighted by atomic mass is 35.5. The molecule has 0 saturated carbocycles. The van der Waals surface area contributed by atoms with E-state index in [1.165, 1.54) is 0 Å². The topological polar surface area (TPSA) is 79.1 Å². The summed E-state index contributed by atoms with van der Waals surface area (Å²) in [4.78, 5) is 12.6. The van der Waals surface area contributed by atoms with Crippen molar-refractivity contribution in [2.24, 2.45) is 4.99 Å². The number of nitrogens with zero attached hydrogens (tertiary/aromatic N) is 1. The normalized spacial score (nSPS) is 11.1. The van der Waals surface area contributed by atoms with E-state index >= 15 is 0 Å². The number of hydrogen-bond donors (Lipinski definition) is 2. The second-order valence-corrected chi connectivity index (χ2v) is 6.67. The highest BCUT2D eigenvalue weighted by molar-refractivity contribution is 6.36. The number of rotatable bonds is 7. The van der Waals surface area contributed by atoms with Crippen molar-refractivity contribution in [1.29, 1.82) is 0 Å². The van der Waals surface area contributed by atoms with E-state index in [0.717, 1.165) is 23.3 Å². The fraction of sp³-hybridized carbons (Fsp3) is 0.273. The highest BCUT2D eigenvalue weighted by Gasteiger charge is 2.13. The van der Waals surface area contributed by atoms with E-state index in [9.17, 15) is 5.11 Å². The molecule has 0 bridgehead atoms. The molecule has 0 radical (unpaired) electrons. The summed E-state index contributed by atoms with van der Waals surface area (Å²) >= 11 is 12.8.